The zero-order chi connectivity index (χ0) is 16.4. The minimum Gasteiger partial charge on any atom is -0.454 e. The first-order valence-electron chi connectivity index (χ1n) is 6.93. The molecule has 0 aromatic heterocycles. The van der Waals surface area contributed by atoms with Gasteiger partial charge in [0, 0.05) is 5.56 Å². The van der Waals surface area contributed by atoms with Crippen molar-refractivity contribution in [3.05, 3.63) is 65.0 Å². The average molecular weight is 314 g/mol. The number of fused-ring (bicyclic) bond motifs is 1. The van der Waals surface area contributed by atoms with Crippen molar-refractivity contribution in [2.24, 2.45) is 0 Å². The molecule has 2 aromatic rings. The van der Waals surface area contributed by atoms with E-state index >= 15 is 0 Å². The summed E-state index contributed by atoms with van der Waals surface area (Å²) < 4.78 is 23.8. The summed E-state index contributed by atoms with van der Waals surface area (Å²) in [4.78, 5) is 23.8. The minimum atomic E-state index is -1.19. The first-order chi connectivity index (χ1) is 11.1. The van der Waals surface area contributed by atoms with Crippen LogP contribution in [0.15, 0.2) is 42.5 Å². The van der Waals surface area contributed by atoms with Gasteiger partial charge in [0.25, 0.3) is 0 Å². The summed E-state index contributed by atoms with van der Waals surface area (Å²) in [7, 11) is -1.19. The number of hydrogen-bond donors (Lipinski definition) is 1. The van der Waals surface area contributed by atoms with Crippen molar-refractivity contribution in [2.75, 3.05) is 6.61 Å². The Morgan fingerprint density at radius 3 is 2.74 bits per heavy atom. The Balaban J connectivity index is 1.72. The Kier molecular flexibility index (Phi) is 4.23. The maximum Gasteiger partial charge on any atom is 0.491 e. The molecule has 0 atom stereocenters. The van der Waals surface area contributed by atoms with Crippen LogP contribution >= 0.6 is 0 Å². The lowest BCUT2D eigenvalue weighted by atomic mass is 9.78. The van der Waals surface area contributed by atoms with Gasteiger partial charge >= 0.3 is 13.1 Å². The van der Waals surface area contributed by atoms with Crippen molar-refractivity contribution in [1.29, 1.82) is 0 Å². The van der Waals surface area contributed by atoms with Crippen LogP contribution in [0.5, 0.6) is 0 Å². The Morgan fingerprint density at radius 1 is 1.26 bits per heavy atom. The molecular weight excluding hydrogens is 302 g/mol. The normalized spacial score (nSPS) is 12.9. The highest BCUT2D eigenvalue weighted by Crippen LogP contribution is 2.16. The number of Topliss-reactive ketones (excluding diaryl/α,β-unsaturated/α-hetero) is 1. The number of esters is 1. The quantitative estimate of drug-likeness (QED) is 0.519. The number of halogens is 1. The van der Waals surface area contributed by atoms with Crippen LogP contribution in [-0.2, 0) is 16.0 Å². The number of ether oxygens (including phenoxy) is 1. The molecule has 0 amide bonds. The molecule has 1 N–H and O–H groups in total. The van der Waals surface area contributed by atoms with Gasteiger partial charge in [-0.05, 0) is 23.2 Å². The van der Waals surface area contributed by atoms with Crippen molar-refractivity contribution < 1.29 is 28.4 Å². The van der Waals surface area contributed by atoms with Gasteiger partial charge in [-0.25, -0.2) is 9.18 Å². The van der Waals surface area contributed by atoms with Crippen LogP contribution in [0.4, 0.5) is 4.39 Å². The minimum absolute atomic E-state index is 0.0786. The maximum absolute atomic E-state index is 13.9. The van der Waals surface area contributed by atoms with Crippen molar-refractivity contribution >= 4 is 24.3 Å². The molecule has 7 heteroatoms. The van der Waals surface area contributed by atoms with Gasteiger partial charge < -0.3 is 14.4 Å². The smallest absolute Gasteiger partial charge is 0.454 e. The van der Waals surface area contributed by atoms with Gasteiger partial charge in [-0.3, -0.25) is 4.79 Å². The fourth-order valence-corrected chi connectivity index (χ4v) is 2.32. The summed E-state index contributed by atoms with van der Waals surface area (Å²) in [5.74, 6) is -2.13. The van der Waals surface area contributed by atoms with E-state index in [0.717, 1.165) is 6.07 Å². The van der Waals surface area contributed by atoms with Crippen LogP contribution < -0.4 is 5.46 Å². The number of carbonyl (C=O) groups excluding carboxylic acids is 2. The Bertz CT molecular complexity index is 763. The number of ketones is 1. The monoisotopic (exact) mass is 314 g/mol. The summed E-state index contributed by atoms with van der Waals surface area (Å²) in [6.07, 6.45) is 0. The molecule has 23 heavy (non-hydrogen) atoms. The fraction of sp³-hybridized carbons (Fsp3) is 0.125. The number of benzene rings is 2. The van der Waals surface area contributed by atoms with Crippen LogP contribution in [0, 0.1) is 5.82 Å². The molecule has 0 fully saturated rings. The predicted molar refractivity (Wildman–Crippen MR) is 79.9 cm³/mol. The van der Waals surface area contributed by atoms with Gasteiger partial charge in [-0.15, -0.1) is 0 Å². The second-order valence-corrected chi connectivity index (χ2v) is 5.06. The third kappa shape index (κ3) is 3.15. The van der Waals surface area contributed by atoms with Crippen molar-refractivity contribution in [1.82, 2.24) is 0 Å². The first kappa shape index (κ1) is 15.4. The summed E-state index contributed by atoms with van der Waals surface area (Å²) in [6.45, 7) is -0.409. The molecule has 0 saturated heterocycles. The fourth-order valence-electron chi connectivity index (χ4n) is 2.32. The third-order valence-corrected chi connectivity index (χ3v) is 3.54. The van der Waals surface area contributed by atoms with E-state index in [1.54, 1.807) is 30.3 Å². The van der Waals surface area contributed by atoms with Gasteiger partial charge in [0.2, 0.25) is 0 Å². The summed E-state index contributed by atoms with van der Waals surface area (Å²) in [6, 6.07) is 10.7. The van der Waals surface area contributed by atoms with Crippen LogP contribution in [0.1, 0.15) is 26.3 Å². The lowest BCUT2D eigenvalue weighted by Crippen LogP contribution is -2.29. The predicted octanol–water partition coefficient (Wildman–Crippen LogP) is 1.08. The molecule has 2 aromatic carbocycles. The molecule has 1 heterocycles. The molecule has 0 saturated carbocycles. The van der Waals surface area contributed by atoms with Gasteiger partial charge in [-0.2, -0.15) is 0 Å². The standard InChI is InChI=1S/C16H12BFO5/c18-14-6-11-8-23-17(21)13(11)7-12(14)16(20)22-9-15(19)10-4-2-1-3-5-10/h1-7,21H,8-9H2. The zero-order valence-electron chi connectivity index (χ0n) is 12.0. The number of rotatable bonds is 4. The third-order valence-electron chi connectivity index (χ3n) is 3.54. The van der Waals surface area contributed by atoms with E-state index in [-0.39, 0.29) is 18.0 Å². The molecule has 0 aliphatic carbocycles. The number of hydrogen-bond acceptors (Lipinski definition) is 5. The van der Waals surface area contributed by atoms with Crippen molar-refractivity contribution in [3.63, 3.8) is 0 Å². The summed E-state index contributed by atoms with van der Waals surface area (Å²) in [5.41, 5.74) is 0.868. The van der Waals surface area contributed by atoms with E-state index in [4.69, 9.17) is 9.39 Å². The Labute approximate surface area is 131 Å². The molecule has 5 nitrogen and oxygen atoms in total. The Morgan fingerprint density at radius 2 is 2.00 bits per heavy atom. The van der Waals surface area contributed by atoms with Gasteiger partial charge in [0.05, 0.1) is 12.2 Å². The second kappa shape index (κ2) is 6.32. The maximum atomic E-state index is 13.9. The van der Waals surface area contributed by atoms with Crippen LogP contribution in [-0.4, -0.2) is 30.5 Å². The zero-order valence-corrected chi connectivity index (χ0v) is 12.0. The molecule has 0 bridgehead atoms. The highest BCUT2D eigenvalue weighted by molar-refractivity contribution is 6.61. The van der Waals surface area contributed by atoms with Gasteiger partial charge in [0.15, 0.2) is 12.4 Å². The summed E-state index contributed by atoms with van der Waals surface area (Å²) in [5, 5.41) is 9.59. The topological polar surface area (TPSA) is 72.8 Å². The van der Waals surface area contributed by atoms with Crippen LogP contribution in [0.3, 0.4) is 0 Å². The van der Waals surface area contributed by atoms with Crippen molar-refractivity contribution in [2.45, 2.75) is 6.61 Å². The molecule has 0 radical (unpaired) electrons. The first-order valence-corrected chi connectivity index (χ1v) is 6.93. The Hall–Kier alpha value is -2.51. The molecule has 3 rings (SSSR count). The van der Waals surface area contributed by atoms with Gasteiger partial charge in [0.1, 0.15) is 5.82 Å². The van der Waals surface area contributed by atoms with E-state index in [1.807, 2.05) is 0 Å². The summed E-state index contributed by atoms with van der Waals surface area (Å²) >= 11 is 0. The highest BCUT2D eigenvalue weighted by atomic mass is 19.1. The van der Waals surface area contributed by atoms with E-state index in [2.05, 4.69) is 0 Å². The van der Waals surface area contributed by atoms with Gasteiger partial charge in [-0.1, -0.05) is 30.3 Å². The van der Waals surface area contributed by atoms with E-state index in [9.17, 15) is 19.0 Å². The lowest BCUT2D eigenvalue weighted by molar-refractivity contribution is 0.0470. The average Bonchev–Trinajstić information content (AvgIpc) is 2.92. The molecular formula is C16H12BFO5. The van der Waals surface area contributed by atoms with Crippen LogP contribution in [0.25, 0.3) is 0 Å². The second-order valence-electron chi connectivity index (χ2n) is 5.06. The number of carbonyl (C=O) groups is 2. The lowest BCUT2D eigenvalue weighted by Gasteiger charge is -2.07. The molecule has 116 valence electrons. The SMILES string of the molecule is O=C(COC(=O)c1cc2c(cc1F)COB2O)c1ccccc1. The molecule has 0 unspecified atom stereocenters. The van der Waals surface area contributed by atoms with Crippen molar-refractivity contribution in [3.8, 4) is 0 Å². The highest BCUT2D eigenvalue weighted by Gasteiger charge is 2.30. The van der Waals surface area contributed by atoms with E-state index in [0.29, 0.717) is 16.6 Å². The molecule has 1 aliphatic rings. The molecule has 0 spiro atoms. The largest absolute Gasteiger partial charge is 0.491 e. The molecule has 1 aliphatic heterocycles. The van der Waals surface area contributed by atoms with E-state index < -0.39 is 25.5 Å². The van der Waals surface area contributed by atoms with Crippen LogP contribution in [0.2, 0.25) is 0 Å². The van der Waals surface area contributed by atoms with E-state index in [1.165, 1.54) is 6.07 Å².